The van der Waals surface area contributed by atoms with Gasteiger partial charge in [0, 0.05) is 11.8 Å². The van der Waals surface area contributed by atoms with Crippen molar-refractivity contribution in [1.29, 1.82) is 0 Å². The molecule has 140 valence electrons. The fourth-order valence-corrected chi connectivity index (χ4v) is 6.95. The number of terminal acetylenes is 1. The number of aliphatic hydroxyl groups is 1. The van der Waals surface area contributed by atoms with E-state index in [1.165, 1.54) is 0 Å². The van der Waals surface area contributed by atoms with Crippen LogP contribution < -0.4 is 0 Å². The summed E-state index contributed by atoms with van der Waals surface area (Å²) in [6.45, 7) is 2.01. The molecule has 7 atom stereocenters. The third-order valence-corrected chi connectivity index (χ3v) is 8.08. The van der Waals surface area contributed by atoms with Crippen molar-refractivity contribution in [3.05, 3.63) is 23.8 Å². The number of allylic oxidation sites excluding steroid dienone is 2. The van der Waals surface area contributed by atoms with Crippen LogP contribution in [0.25, 0.3) is 0 Å². The average Bonchev–Trinajstić information content (AvgIpc) is 2.85. The van der Waals surface area contributed by atoms with E-state index < -0.39 is 17.1 Å². The van der Waals surface area contributed by atoms with Gasteiger partial charge in [0.2, 0.25) is 0 Å². The summed E-state index contributed by atoms with van der Waals surface area (Å²) in [6.07, 6.45) is 11.9. The van der Waals surface area contributed by atoms with Crippen LogP contribution in [0.4, 0.5) is 8.78 Å². The van der Waals surface area contributed by atoms with Gasteiger partial charge in [0.15, 0.2) is 5.78 Å². The minimum absolute atomic E-state index is 0.128. The minimum atomic E-state index is -1.65. The van der Waals surface area contributed by atoms with Gasteiger partial charge in [-0.1, -0.05) is 18.4 Å². The van der Waals surface area contributed by atoms with Crippen LogP contribution in [0.2, 0.25) is 0 Å². The summed E-state index contributed by atoms with van der Waals surface area (Å²) in [7, 11) is 0. The van der Waals surface area contributed by atoms with Crippen molar-refractivity contribution in [1.82, 2.24) is 0 Å². The quantitative estimate of drug-likeness (QED) is 0.699. The van der Waals surface area contributed by atoms with Gasteiger partial charge in [-0.2, -0.15) is 8.78 Å². The summed E-state index contributed by atoms with van der Waals surface area (Å²) in [6, 6.07) is 0. The first-order valence-corrected chi connectivity index (χ1v) is 9.75. The Morgan fingerprint density at radius 1 is 1.35 bits per heavy atom. The lowest BCUT2D eigenvalue weighted by Crippen LogP contribution is -2.55. The molecule has 0 spiro atoms. The van der Waals surface area contributed by atoms with Gasteiger partial charge in [-0.15, -0.1) is 6.42 Å². The van der Waals surface area contributed by atoms with Crippen molar-refractivity contribution >= 4 is 5.78 Å². The third-order valence-electron chi connectivity index (χ3n) is 8.08. The second-order valence-corrected chi connectivity index (χ2v) is 9.00. The molecule has 1 N–H and O–H groups in total. The summed E-state index contributed by atoms with van der Waals surface area (Å²) >= 11 is 0. The van der Waals surface area contributed by atoms with Crippen LogP contribution in [-0.2, 0) is 4.79 Å². The lowest BCUT2D eigenvalue weighted by molar-refractivity contribution is -0.118. The molecule has 0 aromatic rings. The van der Waals surface area contributed by atoms with Gasteiger partial charge in [-0.3, -0.25) is 4.79 Å². The van der Waals surface area contributed by atoms with Gasteiger partial charge < -0.3 is 5.11 Å². The van der Waals surface area contributed by atoms with Crippen molar-refractivity contribution in [3.63, 3.8) is 0 Å². The molecule has 0 aliphatic heterocycles. The molecule has 0 radical (unpaired) electrons. The largest absolute Gasteiger partial charge is 0.377 e. The minimum Gasteiger partial charge on any atom is -0.377 e. The average molecular weight is 360 g/mol. The first-order chi connectivity index (χ1) is 12.3. The van der Waals surface area contributed by atoms with E-state index in [4.69, 9.17) is 6.42 Å². The normalized spacial score (nSPS) is 47.1. The highest BCUT2D eigenvalue weighted by Gasteiger charge is 2.64. The lowest BCUT2D eigenvalue weighted by atomic mass is 9.47. The Kier molecular flexibility index (Phi) is 4.15. The fraction of sp³-hybridized carbons (Fsp3) is 0.682. The first-order valence-electron chi connectivity index (χ1n) is 9.75. The van der Waals surface area contributed by atoms with Crippen molar-refractivity contribution in [2.24, 2.45) is 35.0 Å². The molecular weight excluding hydrogens is 334 g/mol. The molecule has 0 aromatic carbocycles. The number of hydrogen-bond donors (Lipinski definition) is 1. The standard InChI is InChI=1S/C22H26F2O2/c1-3-22(26)9-8-18-17-6-4-13-10-15(25)5-7-16(13)20(17)14(11-19(23)24)12-21(18,22)2/h1,10-11,14,16-18,20,26H,4-9,12H2,2H3/t14-,16-,17-,18-,20+,21-,22-/m0/s1. The highest BCUT2D eigenvalue weighted by molar-refractivity contribution is 5.91. The van der Waals surface area contributed by atoms with E-state index in [1.807, 2.05) is 6.92 Å². The van der Waals surface area contributed by atoms with Gasteiger partial charge in [0.05, 0.1) is 0 Å². The van der Waals surface area contributed by atoms with Crippen LogP contribution >= 0.6 is 0 Å². The summed E-state index contributed by atoms with van der Waals surface area (Å²) in [5.74, 6) is 3.37. The molecule has 0 unspecified atom stereocenters. The van der Waals surface area contributed by atoms with Crippen LogP contribution in [0, 0.1) is 47.3 Å². The lowest BCUT2D eigenvalue weighted by Gasteiger charge is -2.57. The Bertz CT molecular complexity index is 729. The molecule has 0 aromatic heterocycles. The zero-order chi connectivity index (χ0) is 18.7. The Balaban J connectivity index is 1.77. The number of ketones is 1. The van der Waals surface area contributed by atoms with Gasteiger partial charge >= 0.3 is 0 Å². The maximum Gasteiger partial charge on any atom is 0.266 e. The number of fused-ring (bicyclic) bond motifs is 5. The molecule has 0 amide bonds. The van der Waals surface area contributed by atoms with Gasteiger partial charge in [-0.25, -0.2) is 0 Å². The zero-order valence-electron chi connectivity index (χ0n) is 15.2. The monoisotopic (exact) mass is 360 g/mol. The van der Waals surface area contributed by atoms with Crippen LogP contribution in [0.15, 0.2) is 23.8 Å². The zero-order valence-corrected chi connectivity index (χ0v) is 15.2. The summed E-state index contributed by atoms with van der Waals surface area (Å²) < 4.78 is 26.6. The van der Waals surface area contributed by atoms with Crippen LogP contribution in [0.1, 0.15) is 51.9 Å². The first kappa shape index (κ1) is 17.9. The molecule has 4 aliphatic carbocycles. The SMILES string of the molecule is C#C[C@]1(O)CC[C@H]2[C@@H]3CCC4=CC(=O)CC[C@@H]4[C@H]3[C@@H](C=C(F)F)C[C@@]21C. The van der Waals surface area contributed by atoms with Crippen LogP contribution in [0.3, 0.4) is 0 Å². The highest BCUT2D eigenvalue weighted by atomic mass is 19.3. The molecule has 0 bridgehead atoms. The molecule has 0 saturated heterocycles. The second-order valence-electron chi connectivity index (χ2n) is 9.00. The van der Waals surface area contributed by atoms with E-state index >= 15 is 0 Å². The van der Waals surface area contributed by atoms with Gasteiger partial charge in [0.25, 0.3) is 6.08 Å². The second kappa shape index (κ2) is 6.02. The molecule has 4 rings (SSSR count). The molecule has 4 heteroatoms. The maximum atomic E-state index is 13.3. The van der Waals surface area contributed by atoms with E-state index in [-0.39, 0.29) is 35.4 Å². The molecule has 3 fully saturated rings. The Hall–Kier alpha value is -1.47. The summed E-state index contributed by atoms with van der Waals surface area (Å²) in [5, 5.41) is 11.1. The predicted molar refractivity (Wildman–Crippen MR) is 95.0 cm³/mol. The van der Waals surface area contributed by atoms with Crippen molar-refractivity contribution in [2.45, 2.75) is 57.5 Å². The smallest absolute Gasteiger partial charge is 0.266 e. The molecule has 0 heterocycles. The van der Waals surface area contributed by atoms with E-state index in [9.17, 15) is 18.7 Å². The predicted octanol–water partition coefficient (Wildman–Crippen LogP) is 4.50. The molecular formula is C22H26F2O2. The fourth-order valence-electron chi connectivity index (χ4n) is 6.95. The van der Waals surface area contributed by atoms with Crippen molar-refractivity contribution < 1.29 is 18.7 Å². The number of halogens is 2. The maximum absolute atomic E-state index is 13.3. The molecule has 3 saturated carbocycles. The van der Waals surface area contributed by atoms with Crippen molar-refractivity contribution in [2.75, 3.05) is 0 Å². The number of carbonyl (C=O) groups excluding carboxylic acids is 1. The summed E-state index contributed by atoms with van der Waals surface area (Å²) in [5.41, 5.74) is -0.570. The third kappa shape index (κ3) is 2.43. The molecule has 2 nitrogen and oxygen atoms in total. The van der Waals surface area contributed by atoms with E-state index in [0.717, 1.165) is 37.3 Å². The van der Waals surface area contributed by atoms with E-state index in [2.05, 4.69) is 5.92 Å². The Labute approximate surface area is 153 Å². The van der Waals surface area contributed by atoms with Gasteiger partial charge in [0.1, 0.15) is 5.60 Å². The highest BCUT2D eigenvalue weighted by Crippen LogP contribution is 2.66. The van der Waals surface area contributed by atoms with E-state index in [0.29, 0.717) is 19.3 Å². The number of hydrogen-bond acceptors (Lipinski definition) is 2. The summed E-state index contributed by atoms with van der Waals surface area (Å²) in [4.78, 5) is 11.8. The molecule has 4 aliphatic rings. The molecule has 26 heavy (non-hydrogen) atoms. The van der Waals surface area contributed by atoms with E-state index in [1.54, 1.807) is 6.08 Å². The Morgan fingerprint density at radius 2 is 2.12 bits per heavy atom. The van der Waals surface area contributed by atoms with Gasteiger partial charge in [-0.05, 0) is 80.3 Å². The number of rotatable bonds is 1. The number of carbonyl (C=O) groups is 1. The van der Waals surface area contributed by atoms with Crippen LogP contribution in [-0.4, -0.2) is 16.5 Å². The Morgan fingerprint density at radius 3 is 2.81 bits per heavy atom. The van der Waals surface area contributed by atoms with Crippen molar-refractivity contribution in [3.8, 4) is 12.3 Å². The van der Waals surface area contributed by atoms with Crippen LogP contribution in [0.5, 0.6) is 0 Å². The topological polar surface area (TPSA) is 37.3 Å².